The molecule has 31 heavy (non-hydrogen) atoms. The first-order valence-electron chi connectivity index (χ1n) is 9.70. The molecule has 2 aromatic carbocycles. The second kappa shape index (κ2) is 9.03. The monoisotopic (exact) mass is 428 g/mol. The highest BCUT2D eigenvalue weighted by Crippen LogP contribution is 2.20. The van der Waals surface area contributed by atoms with Gasteiger partial charge in [-0.3, -0.25) is 4.79 Å². The Balaban J connectivity index is 1.29. The fourth-order valence-corrected chi connectivity index (χ4v) is 3.28. The number of anilines is 1. The van der Waals surface area contributed by atoms with Crippen molar-refractivity contribution in [1.29, 1.82) is 0 Å². The van der Waals surface area contributed by atoms with Crippen molar-refractivity contribution in [1.82, 2.24) is 15.1 Å². The summed E-state index contributed by atoms with van der Waals surface area (Å²) in [6, 6.07) is 12.6. The van der Waals surface area contributed by atoms with Crippen LogP contribution in [0.3, 0.4) is 0 Å². The Morgan fingerprint density at radius 1 is 0.871 bits per heavy atom. The summed E-state index contributed by atoms with van der Waals surface area (Å²) < 4.78 is 44.8. The lowest BCUT2D eigenvalue weighted by molar-refractivity contribution is -0.133. The van der Waals surface area contributed by atoms with Gasteiger partial charge in [0.15, 0.2) is 24.0 Å². The molecule has 1 amide bonds. The Hall–Kier alpha value is -3.62. The zero-order valence-electron chi connectivity index (χ0n) is 16.5. The highest BCUT2D eigenvalue weighted by molar-refractivity contribution is 5.78. The van der Waals surface area contributed by atoms with Crippen molar-refractivity contribution in [3.05, 3.63) is 72.0 Å². The van der Waals surface area contributed by atoms with Gasteiger partial charge in [0, 0.05) is 37.8 Å². The van der Waals surface area contributed by atoms with Crippen LogP contribution in [0.25, 0.3) is 11.3 Å². The van der Waals surface area contributed by atoms with Crippen molar-refractivity contribution in [2.24, 2.45) is 0 Å². The number of piperazine rings is 1. The van der Waals surface area contributed by atoms with Gasteiger partial charge in [0.25, 0.3) is 5.91 Å². The van der Waals surface area contributed by atoms with Gasteiger partial charge in [-0.1, -0.05) is 0 Å². The molecule has 0 spiro atoms. The number of hydrogen-bond donors (Lipinski definition) is 0. The van der Waals surface area contributed by atoms with E-state index in [4.69, 9.17) is 4.74 Å². The number of carbonyl (C=O) groups is 1. The maximum absolute atomic E-state index is 13.6. The third-order valence-corrected chi connectivity index (χ3v) is 4.99. The fourth-order valence-electron chi connectivity index (χ4n) is 3.28. The van der Waals surface area contributed by atoms with Crippen LogP contribution >= 0.6 is 0 Å². The molecular weight excluding hydrogens is 409 g/mol. The maximum Gasteiger partial charge on any atom is 0.260 e. The molecule has 1 fully saturated rings. The highest BCUT2D eigenvalue weighted by Gasteiger charge is 2.23. The number of aromatic nitrogens is 2. The minimum atomic E-state index is -0.847. The number of halogens is 3. The first kappa shape index (κ1) is 20.6. The van der Waals surface area contributed by atoms with Gasteiger partial charge in [-0.2, -0.15) is 0 Å². The van der Waals surface area contributed by atoms with Gasteiger partial charge < -0.3 is 14.5 Å². The molecule has 0 radical (unpaired) electrons. The molecule has 1 aromatic heterocycles. The Labute approximate surface area is 176 Å². The number of amides is 1. The third kappa shape index (κ3) is 4.93. The molecule has 0 unspecified atom stereocenters. The van der Waals surface area contributed by atoms with Crippen LogP contribution in [0.1, 0.15) is 0 Å². The largest absolute Gasteiger partial charge is 0.481 e. The van der Waals surface area contributed by atoms with Crippen molar-refractivity contribution in [3.63, 3.8) is 0 Å². The predicted octanol–water partition coefficient (Wildman–Crippen LogP) is 3.29. The van der Waals surface area contributed by atoms with E-state index >= 15 is 0 Å². The van der Waals surface area contributed by atoms with Crippen molar-refractivity contribution in [2.45, 2.75) is 0 Å². The normalized spacial score (nSPS) is 13.9. The third-order valence-electron chi connectivity index (χ3n) is 4.99. The van der Waals surface area contributed by atoms with Crippen LogP contribution in [0.2, 0.25) is 0 Å². The average molecular weight is 428 g/mol. The number of hydrogen-bond acceptors (Lipinski definition) is 5. The van der Waals surface area contributed by atoms with Crippen molar-refractivity contribution >= 4 is 11.7 Å². The van der Waals surface area contributed by atoms with E-state index in [1.807, 2.05) is 17.0 Å². The standard InChI is InChI=1S/C22H19F3N4O2/c23-16-3-1-15(2-4-16)19-6-8-21(27-26-19)28-9-11-29(12-10-28)22(30)14-31-20-7-5-17(24)13-18(20)25/h1-8,13H,9-12,14H2. The zero-order chi connectivity index (χ0) is 21.8. The van der Waals surface area contributed by atoms with Crippen molar-refractivity contribution in [3.8, 4) is 17.0 Å². The van der Waals surface area contributed by atoms with Gasteiger partial charge >= 0.3 is 0 Å². The summed E-state index contributed by atoms with van der Waals surface area (Å²) in [4.78, 5) is 16.0. The summed E-state index contributed by atoms with van der Waals surface area (Å²) in [6.45, 7) is 1.70. The second-order valence-electron chi connectivity index (χ2n) is 7.01. The van der Waals surface area contributed by atoms with Gasteiger partial charge in [0.2, 0.25) is 0 Å². The van der Waals surface area contributed by atoms with Crippen LogP contribution in [0, 0.1) is 17.5 Å². The molecule has 9 heteroatoms. The molecule has 0 aliphatic carbocycles. The Bertz CT molecular complexity index is 1050. The van der Waals surface area contributed by atoms with Gasteiger partial charge in [0.1, 0.15) is 11.6 Å². The zero-order valence-corrected chi connectivity index (χ0v) is 16.5. The van der Waals surface area contributed by atoms with E-state index in [2.05, 4.69) is 10.2 Å². The van der Waals surface area contributed by atoms with Crippen LogP contribution < -0.4 is 9.64 Å². The lowest BCUT2D eigenvalue weighted by Crippen LogP contribution is -2.50. The van der Waals surface area contributed by atoms with Crippen LogP contribution in [-0.4, -0.2) is 53.8 Å². The van der Waals surface area contributed by atoms with Crippen LogP contribution in [0.15, 0.2) is 54.6 Å². The minimum absolute atomic E-state index is 0.162. The number of benzene rings is 2. The molecule has 1 aliphatic rings. The Morgan fingerprint density at radius 3 is 2.23 bits per heavy atom. The molecule has 3 aromatic rings. The fraction of sp³-hybridized carbons (Fsp3) is 0.227. The molecule has 1 saturated heterocycles. The first-order chi connectivity index (χ1) is 15.0. The topological polar surface area (TPSA) is 58.6 Å². The lowest BCUT2D eigenvalue weighted by Gasteiger charge is -2.35. The van der Waals surface area contributed by atoms with Crippen LogP contribution in [0.4, 0.5) is 19.0 Å². The SMILES string of the molecule is O=C(COc1ccc(F)cc1F)N1CCN(c2ccc(-c3ccc(F)cc3)nn2)CC1. The first-order valence-corrected chi connectivity index (χ1v) is 9.70. The van der Waals surface area contributed by atoms with Gasteiger partial charge in [-0.25, -0.2) is 13.2 Å². The van der Waals surface area contributed by atoms with E-state index in [9.17, 15) is 18.0 Å². The Kier molecular flexibility index (Phi) is 6.01. The van der Waals surface area contributed by atoms with Gasteiger partial charge in [-0.05, 0) is 48.5 Å². The predicted molar refractivity (Wildman–Crippen MR) is 108 cm³/mol. The summed E-state index contributed by atoms with van der Waals surface area (Å²) in [5, 5.41) is 8.45. The van der Waals surface area contributed by atoms with E-state index in [-0.39, 0.29) is 24.1 Å². The van der Waals surface area contributed by atoms with Gasteiger partial charge in [-0.15, -0.1) is 10.2 Å². The molecule has 0 bridgehead atoms. The molecular formula is C22H19F3N4O2. The number of rotatable bonds is 5. The average Bonchev–Trinajstić information content (AvgIpc) is 2.79. The Morgan fingerprint density at radius 2 is 1.58 bits per heavy atom. The molecule has 2 heterocycles. The molecule has 0 saturated carbocycles. The van der Waals surface area contributed by atoms with Crippen molar-refractivity contribution < 1.29 is 22.7 Å². The summed E-state index contributed by atoms with van der Waals surface area (Å²) in [5.74, 6) is -1.62. The quantitative estimate of drug-likeness (QED) is 0.624. The van der Waals surface area contributed by atoms with E-state index < -0.39 is 11.6 Å². The molecule has 6 nitrogen and oxygen atoms in total. The molecule has 1 aliphatic heterocycles. The molecule has 160 valence electrons. The lowest BCUT2D eigenvalue weighted by atomic mass is 10.1. The maximum atomic E-state index is 13.6. The highest BCUT2D eigenvalue weighted by atomic mass is 19.1. The second-order valence-corrected chi connectivity index (χ2v) is 7.01. The number of ether oxygens (including phenoxy) is 1. The molecule has 0 N–H and O–H groups in total. The minimum Gasteiger partial charge on any atom is -0.481 e. The van der Waals surface area contributed by atoms with E-state index in [0.29, 0.717) is 43.8 Å². The van der Waals surface area contributed by atoms with Gasteiger partial charge in [0.05, 0.1) is 5.69 Å². The summed E-state index contributed by atoms with van der Waals surface area (Å²) in [6.07, 6.45) is 0. The van der Waals surface area contributed by atoms with E-state index in [1.165, 1.54) is 12.1 Å². The summed E-state index contributed by atoms with van der Waals surface area (Å²) in [7, 11) is 0. The molecule has 0 atom stereocenters. The number of carbonyl (C=O) groups excluding carboxylic acids is 1. The number of nitrogens with zero attached hydrogens (tertiary/aromatic N) is 4. The smallest absolute Gasteiger partial charge is 0.260 e. The summed E-state index contributed by atoms with van der Waals surface area (Å²) >= 11 is 0. The van der Waals surface area contributed by atoms with Crippen molar-refractivity contribution in [2.75, 3.05) is 37.7 Å². The summed E-state index contributed by atoms with van der Waals surface area (Å²) in [5.41, 5.74) is 1.41. The van der Waals surface area contributed by atoms with Crippen LogP contribution in [-0.2, 0) is 4.79 Å². The van der Waals surface area contributed by atoms with E-state index in [1.54, 1.807) is 17.0 Å². The molecule has 4 rings (SSSR count). The van der Waals surface area contributed by atoms with Crippen LogP contribution in [0.5, 0.6) is 5.75 Å². The van der Waals surface area contributed by atoms with E-state index in [0.717, 1.165) is 17.7 Å².